The fourth-order valence-electron chi connectivity index (χ4n) is 2.93. The molecule has 0 aromatic rings. The summed E-state index contributed by atoms with van der Waals surface area (Å²) in [7, 11) is 0. The van der Waals surface area contributed by atoms with E-state index in [1.165, 1.54) is 4.90 Å². The van der Waals surface area contributed by atoms with Crippen LogP contribution >= 0.6 is 11.8 Å². The molecule has 0 unspecified atom stereocenters. The Balaban J connectivity index is 2.65. The van der Waals surface area contributed by atoms with Gasteiger partial charge in [0.15, 0.2) is 0 Å². The van der Waals surface area contributed by atoms with Gasteiger partial charge < -0.3 is 15.3 Å². The van der Waals surface area contributed by atoms with E-state index in [-0.39, 0.29) is 23.4 Å². The molecule has 0 saturated heterocycles. The van der Waals surface area contributed by atoms with Crippen molar-refractivity contribution in [2.45, 2.75) is 63.2 Å². The van der Waals surface area contributed by atoms with E-state index in [2.05, 4.69) is 25.4 Å². The van der Waals surface area contributed by atoms with E-state index in [1.807, 2.05) is 0 Å². The fraction of sp³-hybridized carbons (Fsp3) is 0.867. The lowest BCUT2D eigenvalue weighted by Crippen LogP contribution is -2.50. The molecular formula is C15H28N2O3S. The third-order valence-electron chi connectivity index (χ3n) is 4.62. The molecule has 0 spiro atoms. The maximum Gasteiger partial charge on any atom is 0.323 e. The molecule has 2 N–H and O–H groups in total. The van der Waals surface area contributed by atoms with E-state index < -0.39 is 5.97 Å². The Hall–Kier alpha value is -0.910. The van der Waals surface area contributed by atoms with E-state index in [9.17, 15) is 9.59 Å². The zero-order valence-electron chi connectivity index (χ0n) is 13.4. The molecule has 1 rings (SSSR count). The first-order valence-corrected chi connectivity index (χ1v) is 9.02. The molecule has 6 heteroatoms. The predicted octanol–water partition coefficient (Wildman–Crippen LogP) is 2.95. The third-order valence-corrected chi connectivity index (χ3v) is 6.20. The van der Waals surface area contributed by atoms with Gasteiger partial charge in [-0.05, 0) is 31.9 Å². The third kappa shape index (κ3) is 5.09. The molecule has 0 bridgehead atoms. The van der Waals surface area contributed by atoms with Gasteiger partial charge in [-0.1, -0.05) is 26.7 Å². The van der Waals surface area contributed by atoms with Gasteiger partial charge in [-0.15, -0.1) is 0 Å². The van der Waals surface area contributed by atoms with E-state index in [0.29, 0.717) is 6.54 Å². The van der Waals surface area contributed by atoms with Crippen LogP contribution in [0.4, 0.5) is 4.79 Å². The number of carboxylic acids is 1. The van der Waals surface area contributed by atoms with Crippen LogP contribution in [-0.2, 0) is 4.79 Å². The number of hydrogen-bond donors (Lipinski definition) is 2. The Bertz CT molecular complexity index is 345. The zero-order chi connectivity index (χ0) is 15.9. The number of urea groups is 1. The summed E-state index contributed by atoms with van der Waals surface area (Å²) in [5, 5.41) is 12.0. The molecule has 5 nitrogen and oxygen atoms in total. The van der Waals surface area contributed by atoms with Crippen molar-refractivity contribution in [3.05, 3.63) is 0 Å². The van der Waals surface area contributed by atoms with Crippen LogP contribution < -0.4 is 5.32 Å². The fourth-order valence-corrected chi connectivity index (χ4v) is 3.72. The highest BCUT2D eigenvalue weighted by atomic mass is 32.2. The van der Waals surface area contributed by atoms with Crippen molar-refractivity contribution in [2.75, 3.05) is 19.3 Å². The smallest absolute Gasteiger partial charge is 0.323 e. The summed E-state index contributed by atoms with van der Waals surface area (Å²) in [5.74, 6) is -0.945. The number of aliphatic carboxylic acids is 1. The summed E-state index contributed by atoms with van der Waals surface area (Å²) in [6.07, 6.45) is 8.00. The number of nitrogens with zero attached hydrogens (tertiary/aromatic N) is 1. The number of carboxylic acid groups (broad SMARTS) is 1. The van der Waals surface area contributed by atoms with Crippen molar-refractivity contribution in [1.29, 1.82) is 0 Å². The van der Waals surface area contributed by atoms with E-state index in [1.54, 1.807) is 11.8 Å². The number of rotatable bonds is 8. The van der Waals surface area contributed by atoms with Crippen LogP contribution in [0.15, 0.2) is 0 Å². The molecule has 0 radical (unpaired) electrons. The number of hydrogen-bond acceptors (Lipinski definition) is 3. The number of carbonyl (C=O) groups excluding carboxylic acids is 1. The summed E-state index contributed by atoms with van der Waals surface area (Å²) < 4.78 is 0.0419. The lowest BCUT2D eigenvalue weighted by Gasteiger charge is -2.33. The second-order valence-electron chi connectivity index (χ2n) is 5.71. The maximum atomic E-state index is 12.4. The highest BCUT2D eigenvalue weighted by Crippen LogP contribution is 2.30. The van der Waals surface area contributed by atoms with Gasteiger partial charge in [-0.25, -0.2) is 4.79 Å². The number of amides is 2. The van der Waals surface area contributed by atoms with E-state index >= 15 is 0 Å². The molecule has 0 aromatic heterocycles. The highest BCUT2D eigenvalue weighted by molar-refractivity contribution is 8.00. The minimum Gasteiger partial charge on any atom is -0.480 e. The van der Waals surface area contributed by atoms with Crippen molar-refractivity contribution < 1.29 is 14.7 Å². The minimum atomic E-state index is -0.945. The number of nitrogens with one attached hydrogen (secondary N) is 1. The normalized spacial score (nSPS) is 16.0. The second-order valence-corrected chi connectivity index (χ2v) is 6.99. The van der Waals surface area contributed by atoms with Gasteiger partial charge in [-0.2, -0.15) is 11.8 Å². The van der Waals surface area contributed by atoms with Crippen molar-refractivity contribution in [1.82, 2.24) is 10.2 Å². The summed E-state index contributed by atoms with van der Waals surface area (Å²) >= 11 is 1.77. The van der Waals surface area contributed by atoms with Crippen LogP contribution in [0.3, 0.4) is 0 Å². The average Bonchev–Trinajstić information content (AvgIpc) is 3.00. The first-order valence-electron chi connectivity index (χ1n) is 7.79. The molecule has 0 atom stereocenters. The summed E-state index contributed by atoms with van der Waals surface area (Å²) in [6.45, 7) is 4.63. The average molecular weight is 316 g/mol. The van der Waals surface area contributed by atoms with Crippen molar-refractivity contribution in [3.63, 3.8) is 0 Å². The molecule has 1 saturated carbocycles. The highest BCUT2D eigenvalue weighted by Gasteiger charge is 2.31. The largest absolute Gasteiger partial charge is 0.480 e. The van der Waals surface area contributed by atoms with Crippen molar-refractivity contribution in [2.24, 2.45) is 0 Å². The lowest BCUT2D eigenvalue weighted by atomic mass is 10.0. The molecule has 1 fully saturated rings. The Morgan fingerprint density at radius 3 is 2.29 bits per heavy atom. The molecule has 1 aliphatic rings. The molecule has 2 amide bonds. The quantitative estimate of drug-likeness (QED) is 0.722. The van der Waals surface area contributed by atoms with Crippen LogP contribution in [0.2, 0.25) is 0 Å². The van der Waals surface area contributed by atoms with Crippen LogP contribution in [0.1, 0.15) is 52.4 Å². The molecule has 0 heterocycles. The van der Waals surface area contributed by atoms with Crippen LogP contribution in [0, 0.1) is 0 Å². The van der Waals surface area contributed by atoms with Gasteiger partial charge in [0.25, 0.3) is 0 Å². The first kappa shape index (κ1) is 18.1. The monoisotopic (exact) mass is 316 g/mol. The van der Waals surface area contributed by atoms with Gasteiger partial charge in [0.2, 0.25) is 0 Å². The molecule has 122 valence electrons. The number of thioether (sulfide) groups is 1. The molecule has 21 heavy (non-hydrogen) atoms. The van der Waals surface area contributed by atoms with E-state index in [0.717, 1.165) is 38.5 Å². The predicted molar refractivity (Wildman–Crippen MR) is 86.8 cm³/mol. The Morgan fingerprint density at radius 1 is 1.29 bits per heavy atom. The Labute approximate surface area is 131 Å². The topological polar surface area (TPSA) is 69.6 Å². The molecule has 1 aliphatic carbocycles. The summed E-state index contributed by atoms with van der Waals surface area (Å²) in [5.41, 5.74) is 0. The van der Waals surface area contributed by atoms with E-state index in [4.69, 9.17) is 5.11 Å². The van der Waals surface area contributed by atoms with Crippen LogP contribution in [-0.4, -0.2) is 52.1 Å². The molecule has 0 aliphatic heterocycles. The summed E-state index contributed by atoms with van der Waals surface area (Å²) in [6, 6.07) is -0.155. The zero-order valence-corrected chi connectivity index (χ0v) is 14.2. The Morgan fingerprint density at radius 2 is 1.86 bits per heavy atom. The minimum absolute atomic E-state index is 0.0419. The van der Waals surface area contributed by atoms with Gasteiger partial charge >= 0.3 is 12.0 Å². The van der Waals surface area contributed by atoms with Gasteiger partial charge in [0.05, 0.1) is 0 Å². The number of carbonyl (C=O) groups is 2. The van der Waals surface area contributed by atoms with Gasteiger partial charge in [0, 0.05) is 17.3 Å². The first-order chi connectivity index (χ1) is 9.98. The van der Waals surface area contributed by atoms with Gasteiger partial charge in [-0.3, -0.25) is 4.79 Å². The van der Waals surface area contributed by atoms with Crippen LogP contribution in [0.25, 0.3) is 0 Å². The molecular weight excluding hydrogens is 288 g/mol. The molecule has 0 aromatic carbocycles. The lowest BCUT2D eigenvalue weighted by molar-refractivity contribution is -0.138. The Kier molecular flexibility index (Phi) is 7.35. The standard InChI is InChI=1S/C15H28N2O3S/c1-4-15(5-2,21-3)11-16-14(20)17(10-13(18)19)12-8-6-7-9-12/h12H,4-11H2,1-3H3,(H,16,20)(H,18,19). The van der Waals surface area contributed by atoms with Gasteiger partial charge in [0.1, 0.15) is 6.54 Å². The van der Waals surface area contributed by atoms with Crippen LogP contribution in [0.5, 0.6) is 0 Å². The maximum absolute atomic E-state index is 12.4. The second kappa shape index (κ2) is 8.51. The summed E-state index contributed by atoms with van der Waals surface area (Å²) in [4.78, 5) is 24.9. The SMILES string of the molecule is CCC(CC)(CNC(=O)N(CC(=O)O)C1CCCC1)SC. The van der Waals surface area contributed by atoms with Crippen molar-refractivity contribution in [3.8, 4) is 0 Å². The van der Waals surface area contributed by atoms with Crippen molar-refractivity contribution >= 4 is 23.8 Å².